The molecule has 2 nitrogen and oxygen atoms in total. The minimum Gasteiger partial charge on any atom is -0.449 e. The van der Waals surface area contributed by atoms with Crippen LogP contribution in [-0.2, 0) is 4.74 Å². The van der Waals surface area contributed by atoms with Crippen LogP contribution in [0.4, 0.5) is 17.3 Å². The summed E-state index contributed by atoms with van der Waals surface area (Å²) in [5.41, 5.74) is 0. The molecule has 13 heavy (non-hydrogen) atoms. The van der Waals surface area contributed by atoms with E-state index in [0.29, 0.717) is 0 Å². The van der Waals surface area contributed by atoms with Gasteiger partial charge < -0.3 is 22.0 Å². The van der Waals surface area contributed by atoms with Crippen molar-refractivity contribution in [3.05, 3.63) is 0 Å². The van der Waals surface area contributed by atoms with E-state index in [-0.39, 0.29) is 0 Å². The van der Waals surface area contributed by atoms with E-state index in [1.807, 2.05) is 32.5 Å². The van der Waals surface area contributed by atoms with Crippen LogP contribution in [0.3, 0.4) is 0 Å². The molecule has 0 atom stereocenters. The summed E-state index contributed by atoms with van der Waals surface area (Å²) in [7, 11) is -2.07. The fraction of sp³-hybridized carbons (Fsp3) is 0.833. The summed E-state index contributed by atoms with van der Waals surface area (Å²) in [6, 6.07) is 0. The van der Waals surface area contributed by atoms with Gasteiger partial charge in [0, 0.05) is 0 Å². The normalized spacial score (nSPS) is 9.85. The predicted molar refractivity (Wildman–Crippen MR) is 44.6 cm³/mol. The van der Waals surface area contributed by atoms with E-state index in [1.54, 1.807) is 0 Å². The van der Waals surface area contributed by atoms with Crippen molar-refractivity contribution in [2.75, 3.05) is 20.7 Å². The lowest BCUT2D eigenvalue weighted by Crippen LogP contribution is -2.12. The summed E-state index contributed by atoms with van der Waals surface area (Å²) < 4.78 is 46.1. The summed E-state index contributed by atoms with van der Waals surface area (Å²) in [5, 5.41) is 0. The molecule has 0 aliphatic carbocycles. The molecule has 0 fully saturated rings. The highest BCUT2D eigenvalue weighted by Crippen LogP contribution is 2.06. The van der Waals surface area contributed by atoms with Gasteiger partial charge in [0.05, 0.1) is 13.5 Å². The fourth-order valence-corrected chi connectivity index (χ4v) is 0.338. The largest absolute Gasteiger partial charge is 0.673 e. The smallest absolute Gasteiger partial charge is 0.449 e. The Morgan fingerprint density at radius 1 is 1.23 bits per heavy atom. The second-order valence-corrected chi connectivity index (χ2v) is 2.34. The number of nitrogens with zero attached hydrogens (tertiary/aromatic N) is 1. The van der Waals surface area contributed by atoms with Crippen molar-refractivity contribution in [3.63, 3.8) is 0 Å². The van der Waals surface area contributed by atoms with Crippen LogP contribution in [-0.4, -0.2) is 38.4 Å². The average Bonchev–Trinajstić information content (AvgIpc) is 1.84. The van der Waals surface area contributed by atoms with Gasteiger partial charge >= 0.3 is 13.2 Å². The van der Waals surface area contributed by atoms with Crippen LogP contribution >= 0.6 is 0 Å². The Kier molecular flexibility index (Phi) is 7.65. The van der Waals surface area contributed by atoms with Crippen LogP contribution in [0.15, 0.2) is 0 Å². The van der Waals surface area contributed by atoms with Crippen molar-refractivity contribution in [2.45, 2.75) is 13.8 Å². The fourth-order valence-electron chi connectivity index (χ4n) is 0.338. The van der Waals surface area contributed by atoms with Crippen LogP contribution in [0.5, 0.6) is 0 Å². The summed E-state index contributed by atoms with van der Waals surface area (Å²) in [5.74, 6) is 0.965. The molecule has 0 aliphatic heterocycles. The standard InChI is InChI=1S/C6H14NO.BF4/c1-5-8-6(2)7(3)4;2-1(3,4)5/h5H2,1-4H3;/q+1;-1. The number of hydrogen-bond acceptors (Lipinski definition) is 1. The molecule has 0 heterocycles. The summed E-state index contributed by atoms with van der Waals surface area (Å²) >= 11 is 0. The molecular formula is C6H14BF4NO. The molecule has 80 valence electrons. The molecule has 0 saturated heterocycles. The Balaban J connectivity index is 0. The number of ether oxygens (including phenoxy) is 1. The van der Waals surface area contributed by atoms with Gasteiger partial charge in [0.15, 0.2) is 0 Å². The first-order valence-electron chi connectivity index (χ1n) is 3.69. The van der Waals surface area contributed by atoms with Gasteiger partial charge in [-0.05, 0) is 6.92 Å². The SMILES string of the molecule is CCOC(C)=[N+](C)C.F[B-](F)(F)F. The Morgan fingerprint density at radius 2 is 1.54 bits per heavy atom. The van der Waals surface area contributed by atoms with Crippen molar-refractivity contribution in [1.29, 1.82) is 0 Å². The lowest BCUT2D eigenvalue weighted by Gasteiger charge is -1.96. The number of hydrogen-bond donors (Lipinski definition) is 0. The second kappa shape index (κ2) is 6.74. The van der Waals surface area contributed by atoms with E-state index < -0.39 is 7.25 Å². The van der Waals surface area contributed by atoms with E-state index in [4.69, 9.17) is 4.74 Å². The van der Waals surface area contributed by atoms with Gasteiger partial charge in [0.25, 0.3) is 0 Å². The highest BCUT2D eigenvalue weighted by atomic mass is 19.5. The second-order valence-electron chi connectivity index (χ2n) is 2.34. The van der Waals surface area contributed by atoms with Gasteiger partial charge in [0.1, 0.15) is 14.1 Å². The van der Waals surface area contributed by atoms with Gasteiger partial charge in [-0.15, -0.1) is 0 Å². The van der Waals surface area contributed by atoms with Crippen molar-refractivity contribution >= 4 is 13.2 Å². The molecule has 0 amide bonds. The molecular weight excluding hydrogens is 189 g/mol. The molecule has 0 radical (unpaired) electrons. The van der Waals surface area contributed by atoms with Crippen LogP contribution in [0.2, 0.25) is 0 Å². The zero-order valence-electron chi connectivity index (χ0n) is 8.15. The van der Waals surface area contributed by atoms with Crippen LogP contribution in [0.1, 0.15) is 13.8 Å². The first-order valence-corrected chi connectivity index (χ1v) is 3.69. The molecule has 0 rings (SSSR count). The van der Waals surface area contributed by atoms with E-state index in [2.05, 4.69) is 0 Å². The third-order valence-corrected chi connectivity index (χ3v) is 0.983. The van der Waals surface area contributed by atoms with Crippen LogP contribution in [0, 0.1) is 0 Å². The van der Waals surface area contributed by atoms with Gasteiger partial charge in [-0.3, -0.25) is 0 Å². The maximum atomic E-state index is 9.75. The third-order valence-electron chi connectivity index (χ3n) is 0.983. The minimum absolute atomic E-state index is 0.754. The Hall–Kier alpha value is -0.745. The van der Waals surface area contributed by atoms with Gasteiger partial charge in [-0.1, -0.05) is 0 Å². The van der Waals surface area contributed by atoms with Crippen molar-refractivity contribution < 1.29 is 26.6 Å². The minimum atomic E-state index is -6.00. The molecule has 0 unspecified atom stereocenters. The molecule has 7 heteroatoms. The first-order chi connectivity index (χ1) is 5.68. The maximum Gasteiger partial charge on any atom is 0.673 e. The zero-order valence-corrected chi connectivity index (χ0v) is 8.15. The Labute approximate surface area is 75.3 Å². The Bertz CT molecular complexity index is 159. The van der Waals surface area contributed by atoms with E-state index in [9.17, 15) is 17.3 Å². The number of halogens is 4. The van der Waals surface area contributed by atoms with Crippen LogP contribution < -0.4 is 0 Å². The van der Waals surface area contributed by atoms with Crippen molar-refractivity contribution in [3.8, 4) is 0 Å². The first kappa shape index (κ1) is 14.8. The summed E-state index contributed by atoms with van der Waals surface area (Å²) in [6.07, 6.45) is 0. The number of rotatable bonds is 1. The highest BCUT2D eigenvalue weighted by Gasteiger charge is 2.20. The topological polar surface area (TPSA) is 12.2 Å². The molecule has 0 aromatic heterocycles. The molecule has 0 aromatic carbocycles. The predicted octanol–water partition coefficient (Wildman–Crippen LogP) is 2.01. The summed E-state index contributed by atoms with van der Waals surface area (Å²) in [4.78, 5) is 0. The average molecular weight is 203 g/mol. The monoisotopic (exact) mass is 203 g/mol. The molecule has 0 spiro atoms. The molecule has 0 N–H and O–H groups in total. The van der Waals surface area contributed by atoms with Gasteiger partial charge in [-0.25, -0.2) is 4.58 Å². The highest BCUT2D eigenvalue weighted by molar-refractivity contribution is 6.50. The van der Waals surface area contributed by atoms with E-state index >= 15 is 0 Å². The lowest BCUT2D eigenvalue weighted by atomic mass is 10.3. The van der Waals surface area contributed by atoms with Crippen LogP contribution in [0.25, 0.3) is 0 Å². The third kappa shape index (κ3) is 24.6. The molecule has 0 bridgehead atoms. The maximum absolute atomic E-state index is 9.75. The van der Waals surface area contributed by atoms with E-state index in [0.717, 1.165) is 12.5 Å². The molecule has 0 aliphatic rings. The zero-order chi connectivity index (χ0) is 11.1. The molecule has 0 aromatic rings. The van der Waals surface area contributed by atoms with Gasteiger partial charge in [-0.2, -0.15) is 0 Å². The Morgan fingerprint density at radius 3 is 1.62 bits per heavy atom. The molecule has 0 saturated carbocycles. The van der Waals surface area contributed by atoms with Crippen molar-refractivity contribution in [1.82, 2.24) is 0 Å². The lowest BCUT2D eigenvalue weighted by molar-refractivity contribution is -0.474. The summed E-state index contributed by atoms with van der Waals surface area (Å²) in [6.45, 7) is 4.68. The van der Waals surface area contributed by atoms with Crippen molar-refractivity contribution in [2.24, 2.45) is 0 Å². The van der Waals surface area contributed by atoms with Gasteiger partial charge in [0.2, 0.25) is 0 Å². The quantitative estimate of drug-likeness (QED) is 0.209. The van der Waals surface area contributed by atoms with E-state index in [1.165, 1.54) is 0 Å².